The summed E-state index contributed by atoms with van der Waals surface area (Å²) in [5.74, 6) is -0.657. The molecule has 0 heterocycles. The minimum Gasteiger partial charge on any atom is -0.490 e. The van der Waals surface area contributed by atoms with E-state index in [1.54, 1.807) is 120 Å². The molecule has 0 unspecified atom stereocenters. The number of benzene rings is 8. The molecule has 15 nitrogen and oxygen atoms in total. The molecule has 0 aliphatic carbocycles. The average molecular weight is 1240 g/mol. The van der Waals surface area contributed by atoms with E-state index in [2.05, 4.69) is 64.6 Å². The van der Waals surface area contributed by atoms with Gasteiger partial charge in [-0.1, -0.05) is 149 Å². The molecule has 0 saturated heterocycles. The van der Waals surface area contributed by atoms with Gasteiger partial charge in [0.2, 0.25) is 0 Å². The normalized spacial score (nSPS) is 10.2. The van der Waals surface area contributed by atoms with Crippen LogP contribution in [-0.2, 0) is 43.0 Å². The Hall–Kier alpha value is -11.7. The molecule has 0 aromatic heterocycles. The van der Waals surface area contributed by atoms with E-state index in [4.69, 9.17) is 37.9 Å². The smallest absolute Gasteiger partial charge is 0.349 e. The van der Waals surface area contributed by atoms with Crippen LogP contribution in [0.1, 0.15) is 47.1 Å². The van der Waals surface area contributed by atoms with Crippen LogP contribution in [0.25, 0.3) is 55.6 Å². The van der Waals surface area contributed by atoms with E-state index in [0.29, 0.717) is 62.4 Å². The Kier molecular flexibility index (Phi) is 25.3. The number of esters is 7. The molecule has 92 heavy (non-hydrogen) atoms. The fourth-order valence-electron chi connectivity index (χ4n) is 7.96. The van der Waals surface area contributed by atoms with Gasteiger partial charge in [-0.05, 0) is 189 Å². The Morgan fingerprint density at radius 3 is 0.913 bits per heavy atom. The Balaban J connectivity index is 0.000000220. The molecule has 0 spiro atoms. The van der Waals surface area contributed by atoms with Gasteiger partial charge in [-0.25, -0.2) is 33.6 Å². The monoisotopic (exact) mass is 1230 g/mol. The van der Waals surface area contributed by atoms with E-state index < -0.39 is 48.4 Å². The lowest BCUT2D eigenvalue weighted by atomic mass is 9.96. The zero-order chi connectivity index (χ0) is 67.0. The SMILES string of the molecule is C=C(C)C(=O)OCC(=O)Oc1ccc(-c2ccc(OC(=O)C(=C)C)cc2)cc1.C=C(C)C(=O)OCCOc1ccc(-c2cccc(-c3ccc(OC(=O)C(=C)C)cc3)c2)cc1.C=C(C)C(=O)Oc1ccc(-c2ccc(-c3ccc(OC(=O)C(=C)C)cc3)c(C)c2)cc1. The maximum absolute atomic E-state index is 11.7. The van der Waals surface area contributed by atoms with Crippen molar-refractivity contribution in [3.05, 3.63) is 267 Å². The van der Waals surface area contributed by atoms with Crippen molar-refractivity contribution >= 4 is 41.8 Å². The van der Waals surface area contributed by atoms with E-state index in [1.807, 2.05) is 84.9 Å². The van der Waals surface area contributed by atoms with Crippen molar-refractivity contribution in [1.29, 1.82) is 0 Å². The fraction of sp³-hybridized carbons (Fsp3) is 0.130. The summed E-state index contributed by atoms with van der Waals surface area (Å²) in [7, 11) is 0. The van der Waals surface area contributed by atoms with Crippen LogP contribution < -0.4 is 28.4 Å². The molecule has 0 amide bonds. The Bertz CT molecular complexity index is 4060. The molecule has 0 fully saturated rings. The zero-order valence-electron chi connectivity index (χ0n) is 52.4. The van der Waals surface area contributed by atoms with E-state index >= 15 is 0 Å². The highest BCUT2D eigenvalue weighted by Crippen LogP contribution is 2.33. The molecule has 0 radical (unpaired) electrons. The number of ether oxygens (including phenoxy) is 8. The lowest BCUT2D eigenvalue weighted by Crippen LogP contribution is -2.18. The Morgan fingerprint density at radius 1 is 0.293 bits per heavy atom. The van der Waals surface area contributed by atoms with Gasteiger partial charge in [0, 0.05) is 33.4 Å². The molecular weight excluding hydrogens is 1160 g/mol. The third kappa shape index (κ3) is 21.6. The van der Waals surface area contributed by atoms with Gasteiger partial charge < -0.3 is 37.9 Å². The van der Waals surface area contributed by atoms with E-state index in [-0.39, 0.29) is 18.8 Å². The van der Waals surface area contributed by atoms with Crippen molar-refractivity contribution in [1.82, 2.24) is 0 Å². The summed E-state index contributed by atoms with van der Waals surface area (Å²) in [4.78, 5) is 80.8. The molecule has 15 heteroatoms. The predicted molar refractivity (Wildman–Crippen MR) is 356 cm³/mol. The van der Waals surface area contributed by atoms with Crippen LogP contribution in [0.5, 0.6) is 34.5 Å². The van der Waals surface area contributed by atoms with Crippen molar-refractivity contribution < 1.29 is 71.5 Å². The van der Waals surface area contributed by atoms with Gasteiger partial charge in [-0.15, -0.1) is 0 Å². The van der Waals surface area contributed by atoms with Crippen molar-refractivity contribution in [2.45, 2.75) is 48.5 Å². The highest BCUT2D eigenvalue weighted by Gasteiger charge is 2.14. The number of hydrogen-bond acceptors (Lipinski definition) is 15. The van der Waals surface area contributed by atoms with E-state index in [0.717, 1.165) is 61.2 Å². The van der Waals surface area contributed by atoms with Gasteiger partial charge in [0.1, 0.15) is 47.7 Å². The van der Waals surface area contributed by atoms with Crippen LogP contribution >= 0.6 is 0 Å². The van der Waals surface area contributed by atoms with Crippen LogP contribution in [-0.4, -0.2) is 61.6 Å². The standard InChI is InChI=1S/C28H26O5.C27H24O4.C22H20O6/c1-19(2)27(29)32-17-16-31-25-12-8-21(9-13-25)23-6-5-7-24(18-23)22-10-14-26(15-11-22)33-28(30)20(3)4;1-17(2)26(28)30-23-11-6-20(7-12-23)22-10-15-25(19(5)16-22)21-8-13-24(14-9-21)31-27(29)18(3)4;1-14(2)21(24)26-13-20(23)27-18-9-5-16(6-10-18)17-7-11-19(12-8-17)28-22(25)15(3)4/h5-15,18H,1,3,16-17H2,2,4H3;6-16H,1,3H2,2,4-5H3;5-12H,1,3,13H2,2,4H3. The molecule has 0 bridgehead atoms. The zero-order valence-corrected chi connectivity index (χ0v) is 52.4. The quantitative estimate of drug-likeness (QED) is 0.0269. The number of rotatable bonds is 22. The van der Waals surface area contributed by atoms with Crippen molar-refractivity contribution in [3.8, 4) is 90.1 Å². The maximum atomic E-state index is 11.7. The second-order valence-electron chi connectivity index (χ2n) is 21.0. The lowest BCUT2D eigenvalue weighted by molar-refractivity contribution is -0.150. The van der Waals surface area contributed by atoms with Crippen LogP contribution in [0.15, 0.2) is 261 Å². The van der Waals surface area contributed by atoms with Gasteiger partial charge in [-0.2, -0.15) is 0 Å². The van der Waals surface area contributed by atoms with E-state index in [1.165, 1.54) is 6.92 Å². The Labute approximate surface area is 535 Å². The van der Waals surface area contributed by atoms with E-state index in [9.17, 15) is 33.6 Å². The molecule has 8 aromatic rings. The summed E-state index contributed by atoms with van der Waals surface area (Å²) in [5, 5.41) is 0. The highest BCUT2D eigenvalue weighted by atomic mass is 16.6. The van der Waals surface area contributed by atoms with Gasteiger partial charge in [-0.3, -0.25) is 0 Å². The highest BCUT2D eigenvalue weighted by molar-refractivity contribution is 5.91. The molecule has 0 aliphatic rings. The average Bonchev–Trinajstić information content (AvgIpc) is 0.860. The maximum Gasteiger partial charge on any atom is 0.349 e. The lowest BCUT2D eigenvalue weighted by Gasteiger charge is -2.11. The molecule has 0 saturated carbocycles. The first kappa shape index (κ1) is 69.4. The van der Waals surface area contributed by atoms with Crippen LogP contribution in [0.3, 0.4) is 0 Å². The van der Waals surface area contributed by atoms with Gasteiger partial charge in [0.15, 0.2) is 6.61 Å². The van der Waals surface area contributed by atoms with Gasteiger partial charge in [0.05, 0.1) is 0 Å². The molecule has 0 N–H and O–H groups in total. The molecule has 8 rings (SSSR count). The number of carbonyl (C=O) groups excluding carboxylic acids is 7. The minimum atomic E-state index is -0.689. The van der Waals surface area contributed by atoms with Crippen molar-refractivity contribution in [3.63, 3.8) is 0 Å². The van der Waals surface area contributed by atoms with Crippen LogP contribution in [0, 0.1) is 6.92 Å². The molecular formula is C77H70O15. The summed E-state index contributed by atoms with van der Waals surface area (Å²) in [6, 6.07) is 58.0. The summed E-state index contributed by atoms with van der Waals surface area (Å²) < 4.78 is 41.4. The first-order valence-corrected chi connectivity index (χ1v) is 28.7. The summed E-state index contributed by atoms with van der Waals surface area (Å²) >= 11 is 0. The topological polar surface area (TPSA) is 193 Å². The molecule has 0 aliphatic heterocycles. The third-order valence-corrected chi connectivity index (χ3v) is 12.9. The second kappa shape index (κ2) is 33.6. The number of carbonyl (C=O) groups is 7. The summed E-state index contributed by atoms with van der Waals surface area (Å²) in [6.07, 6.45) is 0. The molecule has 8 aromatic carbocycles. The third-order valence-electron chi connectivity index (χ3n) is 12.9. The van der Waals surface area contributed by atoms with Gasteiger partial charge >= 0.3 is 41.8 Å². The van der Waals surface area contributed by atoms with Crippen molar-refractivity contribution in [2.75, 3.05) is 19.8 Å². The number of aryl methyl sites for hydroxylation is 1. The predicted octanol–water partition coefficient (Wildman–Crippen LogP) is 16.2. The second-order valence-corrected chi connectivity index (χ2v) is 21.0. The summed E-state index contributed by atoms with van der Waals surface area (Å²) in [6.45, 7) is 32.8. The molecule has 0 atom stereocenters. The minimum absolute atomic E-state index is 0.167. The van der Waals surface area contributed by atoms with Crippen LogP contribution in [0.4, 0.5) is 0 Å². The first-order chi connectivity index (χ1) is 43.8. The van der Waals surface area contributed by atoms with Crippen molar-refractivity contribution in [2.24, 2.45) is 0 Å². The molecule has 468 valence electrons. The van der Waals surface area contributed by atoms with Gasteiger partial charge in [0.25, 0.3) is 0 Å². The van der Waals surface area contributed by atoms with Crippen LogP contribution in [0.2, 0.25) is 0 Å². The Morgan fingerprint density at radius 2 is 0.576 bits per heavy atom. The largest absolute Gasteiger partial charge is 0.490 e. The summed E-state index contributed by atoms with van der Waals surface area (Å²) in [5.41, 5.74) is 13.2. The fourth-order valence-corrected chi connectivity index (χ4v) is 7.96. The number of hydrogen-bond donors (Lipinski definition) is 0. The first-order valence-electron chi connectivity index (χ1n) is 28.7.